The molecule has 14 heavy (non-hydrogen) atoms. The molecule has 0 atom stereocenters. The summed E-state index contributed by atoms with van der Waals surface area (Å²) in [6, 6.07) is 13.0. The minimum Gasteiger partial charge on any atom is -0.330 e. The van der Waals surface area contributed by atoms with Crippen molar-refractivity contribution in [3.63, 3.8) is 0 Å². The lowest BCUT2D eigenvalue weighted by molar-refractivity contribution is 0.977. The molecule has 0 fully saturated rings. The van der Waals surface area contributed by atoms with Crippen molar-refractivity contribution >= 4 is 10.8 Å². The molecule has 0 unspecified atom stereocenters. The summed E-state index contributed by atoms with van der Waals surface area (Å²) in [7, 11) is 0. The van der Waals surface area contributed by atoms with Crippen LogP contribution >= 0.6 is 0 Å². The zero-order valence-electron chi connectivity index (χ0n) is 8.46. The molecule has 0 saturated heterocycles. The van der Waals surface area contributed by atoms with Crippen molar-refractivity contribution in [2.45, 2.75) is 13.3 Å². The van der Waals surface area contributed by atoms with Crippen molar-refractivity contribution in [3.05, 3.63) is 47.5 Å². The molecule has 2 aromatic rings. The summed E-state index contributed by atoms with van der Waals surface area (Å²) >= 11 is 0. The van der Waals surface area contributed by atoms with Crippen molar-refractivity contribution < 1.29 is 0 Å². The van der Waals surface area contributed by atoms with Crippen molar-refractivity contribution in [3.8, 4) is 0 Å². The third kappa shape index (κ3) is 1.64. The van der Waals surface area contributed by atoms with Gasteiger partial charge in [0.15, 0.2) is 0 Å². The number of hydrogen-bond donors (Lipinski definition) is 1. The van der Waals surface area contributed by atoms with Crippen LogP contribution in [0.1, 0.15) is 11.1 Å². The second-order valence-electron chi connectivity index (χ2n) is 3.68. The predicted molar refractivity (Wildman–Crippen MR) is 61.4 cm³/mol. The fraction of sp³-hybridized carbons (Fsp3) is 0.231. The zero-order chi connectivity index (χ0) is 9.97. The standard InChI is InChI=1S/C13H15N/c1-10-5-6-13-11(7-8-14)3-2-4-12(13)9-10/h2-6,9H,7-8,14H2,1H3. The molecule has 0 amide bonds. The highest BCUT2D eigenvalue weighted by Crippen LogP contribution is 2.20. The third-order valence-corrected chi connectivity index (χ3v) is 2.54. The molecule has 0 bridgehead atoms. The van der Waals surface area contributed by atoms with Crippen molar-refractivity contribution in [2.75, 3.05) is 6.54 Å². The molecule has 2 N–H and O–H groups in total. The van der Waals surface area contributed by atoms with Crippen molar-refractivity contribution in [1.29, 1.82) is 0 Å². The van der Waals surface area contributed by atoms with Gasteiger partial charge in [-0.2, -0.15) is 0 Å². The molecule has 0 heterocycles. The van der Waals surface area contributed by atoms with Crippen LogP contribution in [-0.4, -0.2) is 6.54 Å². The smallest absolute Gasteiger partial charge is 0.00365 e. The molecule has 1 nitrogen and oxygen atoms in total. The maximum absolute atomic E-state index is 5.58. The summed E-state index contributed by atoms with van der Waals surface area (Å²) in [5.74, 6) is 0. The van der Waals surface area contributed by atoms with Crippen LogP contribution in [0.5, 0.6) is 0 Å². The number of fused-ring (bicyclic) bond motifs is 1. The first-order valence-corrected chi connectivity index (χ1v) is 4.99. The molecular weight excluding hydrogens is 170 g/mol. The Hall–Kier alpha value is -1.34. The number of benzene rings is 2. The van der Waals surface area contributed by atoms with Gasteiger partial charge in [-0.05, 0) is 36.2 Å². The minimum atomic E-state index is 0.715. The Morgan fingerprint density at radius 2 is 2.00 bits per heavy atom. The second-order valence-corrected chi connectivity index (χ2v) is 3.68. The third-order valence-electron chi connectivity index (χ3n) is 2.54. The van der Waals surface area contributed by atoms with Crippen LogP contribution in [0.4, 0.5) is 0 Å². The summed E-state index contributed by atoms with van der Waals surface area (Å²) < 4.78 is 0. The zero-order valence-corrected chi connectivity index (χ0v) is 8.46. The van der Waals surface area contributed by atoms with E-state index in [1.807, 2.05) is 0 Å². The predicted octanol–water partition coefficient (Wildman–Crippen LogP) is 2.65. The van der Waals surface area contributed by atoms with E-state index >= 15 is 0 Å². The van der Waals surface area contributed by atoms with Gasteiger partial charge < -0.3 is 5.73 Å². The minimum absolute atomic E-state index is 0.715. The summed E-state index contributed by atoms with van der Waals surface area (Å²) in [6.45, 7) is 2.84. The van der Waals surface area contributed by atoms with Gasteiger partial charge in [0.25, 0.3) is 0 Å². The Bertz CT molecular complexity index is 446. The molecule has 2 aromatic carbocycles. The maximum atomic E-state index is 5.58. The average Bonchev–Trinajstić information content (AvgIpc) is 2.18. The quantitative estimate of drug-likeness (QED) is 0.764. The van der Waals surface area contributed by atoms with E-state index in [4.69, 9.17) is 5.73 Å². The molecule has 0 spiro atoms. The van der Waals surface area contributed by atoms with Gasteiger partial charge in [0.05, 0.1) is 0 Å². The van der Waals surface area contributed by atoms with E-state index in [2.05, 4.69) is 43.3 Å². The first kappa shape index (κ1) is 9.22. The number of nitrogens with two attached hydrogens (primary N) is 1. The van der Waals surface area contributed by atoms with Gasteiger partial charge in [-0.3, -0.25) is 0 Å². The van der Waals surface area contributed by atoms with E-state index in [9.17, 15) is 0 Å². The summed E-state index contributed by atoms with van der Waals surface area (Å²) in [5, 5.41) is 2.65. The van der Waals surface area contributed by atoms with Gasteiger partial charge >= 0.3 is 0 Å². The average molecular weight is 185 g/mol. The highest BCUT2D eigenvalue weighted by Gasteiger charge is 1.99. The Kier molecular flexibility index (Phi) is 2.51. The first-order valence-electron chi connectivity index (χ1n) is 4.99. The fourth-order valence-corrected chi connectivity index (χ4v) is 1.84. The number of aryl methyl sites for hydroxylation is 1. The molecule has 0 aliphatic heterocycles. The Morgan fingerprint density at radius 1 is 1.14 bits per heavy atom. The highest BCUT2D eigenvalue weighted by molar-refractivity contribution is 5.86. The molecule has 2 rings (SSSR count). The van der Waals surface area contributed by atoms with Gasteiger partial charge in [-0.25, -0.2) is 0 Å². The normalized spacial score (nSPS) is 10.7. The van der Waals surface area contributed by atoms with E-state index < -0.39 is 0 Å². The molecule has 0 aliphatic carbocycles. The lowest BCUT2D eigenvalue weighted by Gasteiger charge is -2.05. The van der Waals surface area contributed by atoms with E-state index in [0.717, 1.165) is 6.42 Å². The van der Waals surface area contributed by atoms with Crippen LogP contribution in [-0.2, 0) is 6.42 Å². The van der Waals surface area contributed by atoms with E-state index in [1.165, 1.54) is 21.9 Å². The molecule has 0 aromatic heterocycles. The largest absolute Gasteiger partial charge is 0.330 e. The van der Waals surface area contributed by atoms with Crippen molar-refractivity contribution in [2.24, 2.45) is 5.73 Å². The lowest BCUT2D eigenvalue weighted by Crippen LogP contribution is -2.02. The van der Waals surface area contributed by atoms with E-state index in [-0.39, 0.29) is 0 Å². The van der Waals surface area contributed by atoms with Crippen LogP contribution in [0.25, 0.3) is 10.8 Å². The summed E-state index contributed by atoms with van der Waals surface area (Å²) in [6.07, 6.45) is 0.959. The highest BCUT2D eigenvalue weighted by atomic mass is 14.5. The molecule has 0 saturated carbocycles. The number of rotatable bonds is 2. The second kappa shape index (κ2) is 3.81. The maximum Gasteiger partial charge on any atom is -0.00365 e. The molecular formula is C13H15N. The Morgan fingerprint density at radius 3 is 2.79 bits per heavy atom. The lowest BCUT2D eigenvalue weighted by atomic mass is 10.0. The van der Waals surface area contributed by atoms with Crippen LogP contribution in [0.3, 0.4) is 0 Å². The van der Waals surface area contributed by atoms with Gasteiger partial charge in [0.2, 0.25) is 0 Å². The summed E-state index contributed by atoms with van der Waals surface area (Å²) in [4.78, 5) is 0. The summed E-state index contributed by atoms with van der Waals surface area (Å²) in [5.41, 5.74) is 8.24. The van der Waals surface area contributed by atoms with Crippen LogP contribution in [0, 0.1) is 6.92 Å². The Labute approximate surface area is 84.5 Å². The van der Waals surface area contributed by atoms with Gasteiger partial charge in [0, 0.05) is 0 Å². The molecule has 0 radical (unpaired) electrons. The van der Waals surface area contributed by atoms with Crippen molar-refractivity contribution in [1.82, 2.24) is 0 Å². The Balaban J connectivity index is 2.62. The van der Waals surface area contributed by atoms with Gasteiger partial charge in [0.1, 0.15) is 0 Å². The van der Waals surface area contributed by atoms with E-state index in [1.54, 1.807) is 0 Å². The van der Waals surface area contributed by atoms with Gasteiger partial charge in [-0.1, -0.05) is 42.0 Å². The molecule has 72 valence electrons. The van der Waals surface area contributed by atoms with Crippen LogP contribution in [0.15, 0.2) is 36.4 Å². The molecule has 0 aliphatic rings. The SMILES string of the molecule is Cc1ccc2c(CCN)cccc2c1. The van der Waals surface area contributed by atoms with Gasteiger partial charge in [-0.15, -0.1) is 0 Å². The van der Waals surface area contributed by atoms with Crippen LogP contribution in [0.2, 0.25) is 0 Å². The molecule has 1 heteroatoms. The fourth-order valence-electron chi connectivity index (χ4n) is 1.84. The number of hydrogen-bond acceptors (Lipinski definition) is 1. The topological polar surface area (TPSA) is 26.0 Å². The van der Waals surface area contributed by atoms with E-state index in [0.29, 0.717) is 6.54 Å². The first-order chi connectivity index (χ1) is 6.81. The van der Waals surface area contributed by atoms with Crippen LogP contribution < -0.4 is 5.73 Å². The monoisotopic (exact) mass is 185 g/mol.